The van der Waals surface area contributed by atoms with Crippen LogP contribution in [0.3, 0.4) is 0 Å². The van der Waals surface area contributed by atoms with E-state index in [1.54, 1.807) is 15.9 Å². The highest BCUT2D eigenvalue weighted by molar-refractivity contribution is 5.88. The highest BCUT2D eigenvalue weighted by atomic mass is 16.2. The van der Waals surface area contributed by atoms with Crippen LogP contribution in [0.4, 0.5) is 0 Å². The lowest BCUT2D eigenvalue weighted by molar-refractivity contribution is -0.143. The number of carbonyl (C=O) groups is 3. The number of hydrogen-bond donors (Lipinski definition) is 1. The summed E-state index contributed by atoms with van der Waals surface area (Å²) in [6.07, 6.45) is 7.94. The van der Waals surface area contributed by atoms with Crippen molar-refractivity contribution in [3.05, 3.63) is 60.2 Å². The van der Waals surface area contributed by atoms with Gasteiger partial charge in [0, 0.05) is 39.0 Å². The summed E-state index contributed by atoms with van der Waals surface area (Å²) in [5.74, 6) is 1.13. The maximum atomic E-state index is 13.7. The van der Waals surface area contributed by atoms with Crippen LogP contribution in [0.1, 0.15) is 68.2 Å². The monoisotopic (exact) mass is 561 g/mol. The average Bonchev–Trinajstić information content (AvgIpc) is 3.63. The van der Waals surface area contributed by atoms with Gasteiger partial charge in [-0.15, -0.1) is 0 Å². The van der Waals surface area contributed by atoms with Gasteiger partial charge in [0.2, 0.25) is 17.7 Å². The van der Waals surface area contributed by atoms with E-state index in [9.17, 15) is 14.4 Å². The first-order valence-electron chi connectivity index (χ1n) is 14.6. The summed E-state index contributed by atoms with van der Waals surface area (Å²) in [4.78, 5) is 52.6. The van der Waals surface area contributed by atoms with E-state index in [1.807, 2.05) is 46.8 Å². The van der Waals surface area contributed by atoms with Crippen molar-refractivity contribution in [2.75, 3.05) is 19.6 Å². The van der Waals surface area contributed by atoms with Gasteiger partial charge in [0.15, 0.2) is 0 Å². The minimum absolute atomic E-state index is 0.0286. The van der Waals surface area contributed by atoms with Crippen molar-refractivity contribution >= 4 is 17.7 Å². The third kappa shape index (κ3) is 7.36. The van der Waals surface area contributed by atoms with Crippen LogP contribution in [0, 0.1) is 6.92 Å². The molecule has 1 aromatic carbocycles. The molecule has 2 aliphatic heterocycles. The Labute approximate surface area is 240 Å². The molecule has 4 heterocycles. The SMILES string of the molecule is Cc1nc2n(n1)CCN(C(=O)CCCn1cncn1)CCCC(=O)N1CCCC[C@H]1C(=O)N[C@@H]2Cc1ccccc1. The van der Waals surface area contributed by atoms with Gasteiger partial charge in [0.05, 0.1) is 12.6 Å². The molecule has 12 heteroatoms. The van der Waals surface area contributed by atoms with Crippen molar-refractivity contribution in [3.8, 4) is 0 Å². The zero-order chi connectivity index (χ0) is 28.6. The normalized spacial score (nSPS) is 20.6. The van der Waals surface area contributed by atoms with Gasteiger partial charge in [-0.2, -0.15) is 10.2 Å². The molecule has 0 bridgehead atoms. The Morgan fingerprint density at radius 1 is 1.05 bits per heavy atom. The number of benzene rings is 1. The summed E-state index contributed by atoms with van der Waals surface area (Å²) in [6, 6.07) is 9.03. The molecule has 0 unspecified atom stereocenters. The standard InChI is InChI=1S/C29H39N9O3/c1-22-32-28-24(19-23-9-3-2-4-10-23)33-29(41)25-11-5-6-16-37(25)27(40)13-7-14-35(17-18-38(28)34-22)26(39)12-8-15-36-21-30-20-31-36/h2-4,9-10,20-21,24-25H,5-8,11-19H2,1H3,(H,33,41)/t24-,25+/m1/s1. The van der Waals surface area contributed by atoms with Gasteiger partial charge in [-0.1, -0.05) is 30.3 Å². The summed E-state index contributed by atoms with van der Waals surface area (Å²) >= 11 is 0. The third-order valence-corrected chi connectivity index (χ3v) is 7.84. The predicted octanol–water partition coefficient (Wildman–Crippen LogP) is 2.06. The summed E-state index contributed by atoms with van der Waals surface area (Å²) in [5.41, 5.74) is 1.06. The first kappa shape index (κ1) is 28.4. The molecule has 2 atom stereocenters. The molecule has 2 aromatic heterocycles. The highest BCUT2D eigenvalue weighted by Gasteiger charge is 2.34. The molecule has 1 saturated heterocycles. The fourth-order valence-electron chi connectivity index (χ4n) is 5.76. The van der Waals surface area contributed by atoms with Gasteiger partial charge >= 0.3 is 0 Å². The zero-order valence-corrected chi connectivity index (χ0v) is 23.7. The van der Waals surface area contributed by atoms with Gasteiger partial charge in [0.1, 0.15) is 30.3 Å². The van der Waals surface area contributed by atoms with Crippen molar-refractivity contribution in [3.63, 3.8) is 0 Å². The van der Waals surface area contributed by atoms with E-state index in [2.05, 4.69) is 20.5 Å². The van der Waals surface area contributed by atoms with Crippen LogP contribution in [0.25, 0.3) is 0 Å². The Morgan fingerprint density at radius 2 is 1.90 bits per heavy atom. The quantitative estimate of drug-likeness (QED) is 0.487. The Hall–Kier alpha value is -4.09. The molecule has 1 fully saturated rings. The molecular weight excluding hydrogens is 522 g/mol. The van der Waals surface area contributed by atoms with Crippen LogP contribution in [-0.2, 0) is 33.9 Å². The Morgan fingerprint density at radius 3 is 2.71 bits per heavy atom. The maximum absolute atomic E-state index is 13.7. The summed E-state index contributed by atoms with van der Waals surface area (Å²) in [7, 11) is 0. The van der Waals surface area contributed by atoms with Crippen LogP contribution in [-0.4, -0.2) is 82.7 Å². The molecule has 3 aromatic rings. The molecule has 12 nitrogen and oxygen atoms in total. The van der Waals surface area contributed by atoms with Crippen LogP contribution < -0.4 is 5.32 Å². The summed E-state index contributed by atoms with van der Waals surface area (Å²) < 4.78 is 3.55. The lowest BCUT2D eigenvalue weighted by atomic mass is 9.99. The minimum Gasteiger partial charge on any atom is -0.344 e. The molecule has 0 spiro atoms. The number of carbonyl (C=O) groups excluding carboxylic acids is 3. The number of aromatic nitrogens is 6. The first-order chi connectivity index (χ1) is 20.0. The number of aryl methyl sites for hydroxylation is 2. The van der Waals surface area contributed by atoms with Gasteiger partial charge < -0.3 is 15.1 Å². The average molecular weight is 562 g/mol. The van der Waals surface area contributed by atoms with Crippen molar-refractivity contribution in [2.45, 2.75) is 83.5 Å². The molecule has 1 N–H and O–H groups in total. The number of piperidine rings is 1. The Bertz CT molecular complexity index is 1310. The highest BCUT2D eigenvalue weighted by Crippen LogP contribution is 2.23. The molecule has 0 aliphatic carbocycles. The Balaban J connectivity index is 1.40. The number of nitrogens with zero attached hydrogens (tertiary/aromatic N) is 8. The number of nitrogens with one attached hydrogen (secondary N) is 1. The maximum Gasteiger partial charge on any atom is 0.243 e. The fraction of sp³-hybridized carbons (Fsp3) is 0.552. The molecule has 2 aliphatic rings. The topological polar surface area (TPSA) is 131 Å². The van der Waals surface area contributed by atoms with Crippen LogP contribution in [0.5, 0.6) is 0 Å². The molecule has 0 saturated carbocycles. The van der Waals surface area contributed by atoms with E-state index >= 15 is 0 Å². The first-order valence-corrected chi connectivity index (χ1v) is 14.6. The van der Waals surface area contributed by atoms with Gasteiger partial charge in [-0.05, 0) is 51.0 Å². The number of amides is 3. The van der Waals surface area contributed by atoms with Crippen molar-refractivity contribution in [1.82, 2.24) is 44.6 Å². The van der Waals surface area contributed by atoms with Gasteiger partial charge in [-0.25, -0.2) is 14.6 Å². The van der Waals surface area contributed by atoms with Crippen molar-refractivity contribution in [2.24, 2.45) is 0 Å². The van der Waals surface area contributed by atoms with E-state index in [1.165, 1.54) is 6.33 Å². The predicted molar refractivity (Wildman–Crippen MR) is 150 cm³/mol. The lowest BCUT2D eigenvalue weighted by Gasteiger charge is -2.36. The lowest BCUT2D eigenvalue weighted by Crippen LogP contribution is -2.53. The summed E-state index contributed by atoms with van der Waals surface area (Å²) in [6.45, 7) is 4.36. The second-order valence-corrected chi connectivity index (χ2v) is 10.8. The fourth-order valence-corrected chi connectivity index (χ4v) is 5.76. The second kappa shape index (κ2) is 13.5. The largest absolute Gasteiger partial charge is 0.344 e. The van der Waals surface area contributed by atoms with E-state index in [0.29, 0.717) is 82.9 Å². The van der Waals surface area contributed by atoms with E-state index < -0.39 is 12.1 Å². The minimum atomic E-state index is -0.510. The number of fused-ring (bicyclic) bond motifs is 2. The summed E-state index contributed by atoms with van der Waals surface area (Å²) in [5, 5.41) is 12.0. The smallest absolute Gasteiger partial charge is 0.243 e. The molecule has 218 valence electrons. The van der Waals surface area contributed by atoms with E-state index in [0.717, 1.165) is 18.4 Å². The van der Waals surface area contributed by atoms with Crippen LogP contribution in [0.15, 0.2) is 43.0 Å². The van der Waals surface area contributed by atoms with Gasteiger partial charge in [-0.3, -0.25) is 19.1 Å². The number of hydrogen-bond acceptors (Lipinski definition) is 7. The molecule has 5 rings (SSSR count). The number of rotatable bonds is 6. The molecule has 3 amide bonds. The molecule has 41 heavy (non-hydrogen) atoms. The van der Waals surface area contributed by atoms with Crippen LogP contribution in [0.2, 0.25) is 0 Å². The van der Waals surface area contributed by atoms with Gasteiger partial charge in [0.25, 0.3) is 0 Å². The van der Waals surface area contributed by atoms with Crippen LogP contribution >= 0.6 is 0 Å². The second-order valence-electron chi connectivity index (χ2n) is 10.8. The zero-order valence-electron chi connectivity index (χ0n) is 23.7. The third-order valence-electron chi connectivity index (χ3n) is 7.84. The molecule has 0 radical (unpaired) electrons. The Kier molecular flexibility index (Phi) is 9.37. The van der Waals surface area contributed by atoms with Crippen molar-refractivity contribution in [1.29, 1.82) is 0 Å². The molecular formula is C29H39N9O3. The van der Waals surface area contributed by atoms with Crippen molar-refractivity contribution < 1.29 is 14.4 Å². The van der Waals surface area contributed by atoms with E-state index in [-0.39, 0.29) is 17.7 Å². The van der Waals surface area contributed by atoms with E-state index in [4.69, 9.17) is 4.98 Å².